The van der Waals surface area contributed by atoms with Gasteiger partial charge in [-0.3, -0.25) is 4.98 Å². The molecule has 164 valence electrons. The van der Waals surface area contributed by atoms with Crippen molar-refractivity contribution in [2.75, 3.05) is 0 Å². The number of pyridine rings is 1. The second kappa shape index (κ2) is 8.31. The molecule has 0 amide bonds. The normalized spacial score (nSPS) is 12.2. The highest BCUT2D eigenvalue weighted by Gasteiger charge is 2.16. The Hall–Kier alpha value is -4.17. The molecule has 0 unspecified atom stereocenters. The van der Waals surface area contributed by atoms with Crippen molar-refractivity contribution in [2.45, 2.75) is 19.7 Å². The molecule has 0 aliphatic heterocycles. The van der Waals surface area contributed by atoms with Crippen LogP contribution in [0.15, 0.2) is 114 Å². The maximum atomic E-state index is 8.80. The lowest BCUT2D eigenvalue weighted by Gasteiger charge is -2.10. The van der Waals surface area contributed by atoms with Crippen molar-refractivity contribution < 1.29 is 5.79 Å². The summed E-state index contributed by atoms with van der Waals surface area (Å²) in [6.07, 6.45) is 1.85. The highest BCUT2D eigenvalue weighted by molar-refractivity contribution is 6.08. The Morgan fingerprint density at radius 1 is 0.647 bits per heavy atom. The molecule has 2 heteroatoms. The number of nitrogens with zero attached hydrogens (tertiary/aromatic N) is 1. The zero-order valence-electron chi connectivity index (χ0n) is 20.2. The fourth-order valence-electron chi connectivity index (χ4n) is 4.60. The molecule has 0 aliphatic rings. The van der Waals surface area contributed by atoms with Crippen LogP contribution < -0.4 is 0 Å². The maximum Gasteiger partial charge on any atom is 0.138 e. The average molecular weight is 441 g/mol. The van der Waals surface area contributed by atoms with Crippen molar-refractivity contribution in [2.24, 2.45) is 0 Å². The van der Waals surface area contributed by atoms with Gasteiger partial charge in [-0.25, -0.2) is 0 Å². The van der Waals surface area contributed by atoms with Crippen molar-refractivity contribution >= 4 is 21.9 Å². The Morgan fingerprint density at radius 3 is 2.06 bits per heavy atom. The third kappa shape index (κ3) is 3.58. The van der Waals surface area contributed by atoms with E-state index in [2.05, 4.69) is 65.6 Å². The van der Waals surface area contributed by atoms with E-state index in [4.69, 9.17) is 5.79 Å². The Labute approximate surface area is 200 Å². The lowest BCUT2D eigenvalue weighted by Crippen LogP contribution is -1.89. The van der Waals surface area contributed by atoms with E-state index >= 15 is 0 Å². The number of hydrogen-bond donors (Lipinski definition) is 0. The lowest BCUT2D eigenvalue weighted by atomic mass is 9.94. The molecule has 6 aromatic rings. The average Bonchev–Trinajstić information content (AvgIpc) is 3.26. The van der Waals surface area contributed by atoms with Crippen LogP contribution in [0.5, 0.6) is 0 Å². The lowest BCUT2D eigenvalue weighted by molar-refractivity contribution is 0.657. The number of hydrogen-bond acceptors (Lipinski definition) is 2. The monoisotopic (exact) mass is 440 g/mol. The second-order valence-electron chi connectivity index (χ2n) is 8.88. The molecule has 2 aromatic heterocycles. The molecular weight excluding hydrogens is 414 g/mol. The molecule has 2 nitrogen and oxygen atoms in total. The molecule has 0 atom stereocenters. The summed E-state index contributed by atoms with van der Waals surface area (Å²) in [6.45, 7) is 3.82. The number of benzene rings is 4. The minimum absolute atomic E-state index is 0.780. The first-order valence-corrected chi connectivity index (χ1v) is 11.6. The van der Waals surface area contributed by atoms with E-state index in [0.29, 0.717) is 0 Å². The predicted octanol–water partition coefficient (Wildman–Crippen LogP) is 9.11. The summed E-state index contributed by atoms with van der Waals surface area (Å²) < 4.78 is 15.2. The van der Waals surface area contributed by atoms with Crippen molar-refractivity contribution in [1.82, 2.24) is 4.98 Å². The summed E-state index contributed by atoms with van der Waals surface area (Å²) in [5.41, 5.74) is 8.90. The molecule has 2 heterocycles. The van der Waals surface area contributed by atoms with Crippen LogP contribution in [0.2, 0.25) is 0 Å². The fourth-order valence-corrected chi connectivity index (χ4v) is 4.60. The van der Waals surface area contributed by atoms with E-state index < -0.39 is 5.89 Å². The molecule has 34 heavy (non-hydrogen) atoms. The molecule has 0 radical (unpaired) electrons. The molecule has 4 aromatic carbocycles. The molecule has 0 bridgehead atoms. The van der Waals surface area contributed by atoms with E-state index in [0.717, 1.165) is 61.0 Å². The molecule has 0 aliphatic carbocycles. The first kappa shape index (κ1) is 19.3. The first-order chi connectivity index (χ1) is 17.0. The van der Waals surface area contributed by atoms with Gasteiger partial charge in [0.05, 0.1) is 5.69 Å². The molecule has 0 spiro atoms. The van der Waals surface area contributed by atoms with Crippen LogP contribution in [-0.4, -0.2) is 4.98 Å². The number of furan rings is 1. The third-order valence-electron chi connectivity index (χ3n) is 6.38. The highest BCUT2D eigenvalue weighted by atomic mass is 16.3. The predicted molar refractivity (Wildman–Crippen MR) is 142 cm³/mol. The van der Waals surface area contributed by atoms with Crippen LogP contribution >= 0.6 is 0 Å². The van der Waals surface area contributed by atoms with Gasteiger partial charge >= 0.3 is 0 Å². The van der Waals surface area contributed by atoms with Crippen LogP contribution in [-0.2, 0) is 0 Å². The molecule has 6 rings (SSSR count). The molecular formula is C32H25NO. The fraction of sp³-hybridized carbons (Fsp3) is 0.0938. The maximum absolute atomic E-state index is 8.80. The van der Waals surface area contributed by atoms with E-state index in [1.165, 1.54) is 0 Å². The van der Waals surface area contributed by atoms with Crippen molar-refractivity contribution in [1.29, 1.82) is 0 Å². The van der Waals surface area contributed by atoms with Crippen LogP contribution in [0.1, 0.15) is 26.7 Å². The van der Waals surface area contributed by atoms with Crippen LogP contribution in [0, 0.1) is 0 Å². The van der Waals surface area contributed by atoms with Gasteiger partial charge in [-0.05, 0) is 70.1 Å². The quantitative estimate of drug-likeness (QED) is 0.273. The van der Waals surface area contributed by atoms with E-state index in [1.807, 2.05) is 62.5 Å². The minimum Gasteiger partial charge on any atom is -0.456 e. The smallest absolute Gasteiger partial charge is 0.138 e. The zero-order chi connectivity index (χ0) is 24.0. The topological polar surface area (TPSA) is 26.0 Å². The Kier molecular flexibility index (Phi) is 4.72. The van der Waals surface area contributed by atoms with Crippen molar-refractivity contribution in [3.05, 3.63) is 115 Å². The number of fused-ring (bicyclic) bond motifs is 3. The zero-order valence-corrected chi connectivity index (χ0v) is 19.2. The minimum atomic E-state index is -0.800. The van der Waals surface area contributed by atoms with E-state index in [9.17, 15) is 0 Å². The van der Waals surface area contributed by atoms with Gasteiger partial charge in [0.15, 0.2) is 0 Å². The van der Waals surface area contributed by atoms with Gasteiger partial charge < -0.3 is 4.42 Å². The summed E-state index contributed by atoms with van der Waals surface area (Å²) in [4.78, 5) is 4.63. The number of aromatic nitrogens is 1. The van der Waals surface area contributed by atoms with Crippen LogP contribution in [0.25, 0.3) is 55.4 Å². The molecule has 0 saturated carbocycles. The largest absolute Gasteiger partial charge is 0.456 e. The standard InChI is InChI=1S/C32H25NO/c1-21(2)28-17-26(23-11-7-4-8-12-23)18-29-27-14-13-25(20-31(27)34-32(28)29)30-19-24(15-16-33-30)22-9-5-3-6-10-22/h3-21H,1-2H3/i21D. The third-order valence-corrected chi connectivity index (χ3v) is 6.38. The van der Waals surface area contributed by atoms with Gasteiger partial charge in [0, 0.05) is 23.9 Å². The molecule has 0 saturated heterocycles. The van der Waals surface area contributed by atoms with Crippen molar-refractivity contribution in [3.63, 3.8) is 0 Å². The Balaban J connectivity index is 1.52. The Bertz CT molecular complexity index is 1660. The summed E-state index contributed by atoms with van der Waals surface area (Å²) in [5, 5.41) is 2.08. The summed E-state index contributed by atoms with van der Waals surface area (Å²) in [7, 11) is 0. The highest BCUT2D eigenvalue weighted by Crippen LogP contribution is 2.39. The van der Waals surface area contributed by atoms with Gasteiger partial charge in [0.2, 0.25) is 0 Å². The summed E-state index contributed by atoms with van der Waals surface area (Å²) >= 11 is 0. The van der Waals surface area contributed by atoms with Gasteiger partial charge in [0.25, 0.3) is 0 Å². The first-order valence-electron chi connectivity index (χ1n) is 12.1. The van der Waals surface area contributed by atoms with Crippen LogP contribution in [0.3, 0.4) is 0 Å². The summed E-state index contributed by atoms with van der Waals surface area (Å²) in [5.74, 6) is -0.800. The molecule has 0 N–H and O–H groups in total. The molecule has 0 fully saturated rings. The van der Waals surface area contributed by atoms with Crippen molar-refractivity contribution in [3.8, 4) is 33.5 Å². The Morgan fingerprint density at radius 2 is 1.35 bits per heavy atom. The van der Waals surface area contributed by atoms with Gasteiger partial charge in [-0.2, -0.15) is 0 Å². The SMILES string of the molecule is [2H]C(C)(C)c1cc(-c2ccccc2)cc2c1oc1cc(-c3cc(-c4ccccc4)ccn3)ccc12. The summed E-state index contributed by atoms with van der Waals surface area (Å²) in [6, 6.07) is 35.4. The van der Waals surface area contributed by atoms with Gasteiger partial charge in [0.1, 0.15) is 11.2 Å². The van der Waals surface area contributed by atoms with Gasteiger partial charge in [-0.15, -0.1) is 0 Å². The second-order valence-corrected chi connectivity index (χ2v) is 8.88. The van der Waals surface area contributed by atoms with Crippen LogP contribution in [0.4, 0.5) is 0 Å². The number of rotatable bonds is 4. The van der Waals surface area contributed by atoms with Gasteiger partial charge in [-0.1, -0.05) is 80.6 Å². The van der Waals surface area contributed by atoms with E-state index in [-0.39, 0.29) is 0 Å². The van der Waals surface area contributed by atoms with E-state index in [1.54, 1.807) is 0 Å².